The van der Waals surface area contributed by atoms with Crippen LogP contribution in [0.3, 0.4) is 0 Å². The van der Waals surface area contributed by atoms with E-state index in [9.17, 15) is 4.79 Å². The summed E-state index contributed by atoms with van der Waals surface area (Å²) >= 11 is 7.35. The summed E-state index contributed by atoms with van der Waals surface area (Å²) in [5.41, 5.74) is 0.989. The highest BCUT2D eigenvalue weighted by molar-refractivity contribution is 7.14. The number of hydrogen-bond acceptors (Lipinski definition) is 6. The third-order valence-electron chi connectivity index (χ3n) is 3.45. The largest absolute Gasteiger partial charge is 0.496 e. The third-order valence-corrected chi connectivity index (χ3v) is 4.59. The number of hydrogen-bond donors (Lipinski definition) is 1. The maximum atomic E-state index is 12.6. The van der Waals surface area contributed by atoms with Crippen molar-refractivity contribution in [2.45, 2.75) is 19.8 Å². The number of benzene rings is 1. The lowest BCUT2D eigenvalue weighted by Gasteiger charge is -2.09. The third kappa shape index (κ3) is 3.67. The van der Waals surface area contributed by atoms with Crippen LogP contribution < -0.4 is 10.1 Å². The highest BCUT2D eigenvalue weighted by atomic mass is 35.5. The average Bonchev–Trinajstić information content (AvgIpc) is 3.23. The van der Waals surface area contributed by atoms with Crippen molar-refractivity contribution in [3.63, 3.8) is 0 Å². The molecule has 0 aliphatic rings. The van der Waals surface area contributed by atoms with Gasteiger partial charge in [-0.15, -0.1) is 21.5 Å². The molecule has 0 bridgehead atoms. The second-order valence-electron chi connectivity index (χ2n) is 5.56. The number of carbonyl (C=O) groups is 1. The van der Waals surface area contributed by atoms with Crippen molar-refractivity contribution in [2.24, 2.45) is 0 Å². The Morgan fingerprint density at radius 1 is 1.32 bits per heavy atom. The molecule has 3 aromatic rings. The minimum Gasteiger partial charge on any atom is -0.496 e. The van der Waals surface area contributed by atoms with E-state index in [4.69, 9.17) is 20.8 Å². The van der Waals surface area contributed by atoms with Gasteiger partial charge in [0, 0.05) is 10.9 Å². The molecule has 0 aliphatic heterocycles. The van der Waals surface area contributed by atoms with Crippen molar-refractivity contribution in [1.82, 2.24) is 10.2 Å². The minimum absolute atomic E-state index is 0.137. The van der Waals surface area contributed by atoms with Gasteiger partial charge in [0.05, 0.1) is 18.4 Å². The molecule has 1 N–H and O–H groups in total. The maximum absolute atomic E-state index is 12.6. The average molecular weight is 378 g/mol. The van der Waals surface area contributed by atoms with Crippen LogP contribution in [0, 0.1) is 0 Å². The van der Waals surface area contributed by atoms with Gasteiger partial charge in [0.1, 0.15) is 10.6 Å². The van der Waals surface area contributed by atoms with Crippen molar-refractivity contribution in [2.75, 3.05) is 12.4 Å². The summed E-state index contributed by atoms with van der Waals surface area (Å²) in [4.78, 5) is 13.3. The van der Waals surface area contributed by atoms with Crippen LogP contribution in [-0.2, 0) is 0 Å². The summed E-state index contributed by atoms with van der Waals surface area (Å²) < 4.78 is 10.9. The second kappa shape index (κ2) is 7.25. The Morgan fingerprint density at radius 2 is 2.12 bits per heavy atom. The van der Waals surface area contributed by atoms with Gasteiger partial charge >= 0.3 is 0 Å². The molecule has 1 amide bonds. The summed E-state index contributed by atoms with van der Waals surface area (Å²) in [5, 5.41) is 13.3. The molecule has 2 heterocycles. The summed E-state index contributed by atoms with van der Waals surface area (Å²) in [7, 11) is 1.49. The van der Waals surface area contributed by atoms with E-state index in [0.717, 1.165) is 0 Å². The van der Waals surface area contributed by atoms with Crippen LogP contribution in [0.1, 0.15) is 36.0 Å². The maximum Gasteiger partial charge on any atom is 0.259 e. The van der Waals surface area contributed by atoms with Gasteiger partial charge in [0.25, 0.3) is 11.8 Å². The number of ether oxygens (including phenoxy) is 1. The lowest BCUT2D eigenvalue weighted by atomic mass is 10.2. The van der Waals surface area contributed by atoms with E-state index >= 15 is 0 Å². The first-order valence-electron chi connectivity index (χ1n) is 7.55. The molecule has 6 nitrogen and oxygen atoms in total. The first-order valence-corrected chi connectivity index (χ1v) is 8.81. The zero-order valence-electron chi connectivity index (χ0n) is 13.9. The van der Waals surface area contributed by atoms with Crippen LogP contribution in [-0.4, -0.2) is 23.2 Å². The van der Waals surface area contributed by atoms with E-state index in [2.05, 4.69) is 15.5 Å². The molecule has 1 aromatic carbocycles. The molecule has 0 saturated heterocycles. The van der Waals surface area contributed by atoms with Gasteiger partial charge in [0.15, 0.2) is 0 Å². The molecule has 0 atom stereocenters. The van der Waals surface area contributed by atoms with Crippen molar-refractivity contribution in [3.8, 4) is 16.5 Å². The first-order chi connectivity index (χ1) is 12.0. The number of carbonyl (C=O) groups excluding carboxylic acids is 1. The van der Waals surface area contributed by atoms with Crippen molar-refractivity contribution in [3.05, 3.63) is 46.1 Å². The number of thiophene rings is 1. The molecular weight excluding hydrogens is 362 g/mol. The molecular formula is C17H16ClN3O3S. The summed E-state index contributed by atoms with van der Waals surface area (Å²) in [5.74, 6) is 1.17. The normalized spacial score (nSPS) is 10.9. The van der Waals surface area contributed by atoms with Gasteiger partial charge in [-0.25, -0.2) is 0 Å². The number of amides is 1. The van der Waals surface area contributed by atoms with Gasteiger partial charge in [-0.05, 0) is 29.6 Å². The van der Waals surface area contributed by atoms with E-state index in [0.29, 0.717) is 38.7 Å². The van der Waals surface area contributed by atoms with Gasteiger partial charge in [-0.1, -0.05) is 25.4 Å². The Kier molecular flexibility index (Phi) is 5.06. The van der Waals surface area contributed by atoms with E-state index in [1.165, 1.54) is 18.4 Å². The highest BCUT2D eigenvalue weighted by Gasteiger charge is 2.19. The molecule has 25 heavy (non-hydrogen) atoms. The molecule has 0 spiro atoms. The first kappa shape index (κ1) is 17.4. The summed E-state index contributed by atoms with van der Waals surface area (Å²) in [6.45, 7) is 3.95. The topological polar surface area (TPSA) is 77.2 Å². The predicted octanol–water partition coefficient (Wildman–Crippen LogP) is 4.84. The van der Waals surface area contributed by atoms with Crippen molar-refractivity contribution >= 4 is 34.5 Å². The second-order valence-corrected chi connectivity index (χ2v) is 6.91. The molecule has 0 aliphatic carbocycles. The fourth-order valence-electron chi connectivity index (χ4n) is 2.18. The number of halogens is 1. The minimum atomic E-state index is -0.309. The van der Waals surface area contributed by atoms with E-state index in [-0.39, 0.29) is 11.8 Å². The fraction of sp³-hybridized carbons (Fsp3) is 0.235. The zero-order chi connectivity index (χ0) is 18.0. The molecule has 3 rings (SSSR count). The molecule has 0 unspecified atom stereocenters. The highest BCUT2D eigenvalue weighted by Crippen LogP contribution is 2.34. The number of rotatable bonds is 5. The standard InChI is InChI=1S/C17H16ClN3O3S/c1-9(2)16-20-21-17(24-16)14-12(6-7-25-14)19-15(22)11-5-4-10(18)8-13(11)23-3/h4-9H,1-3H3,(H,19,22). The smallest absolute Gasteiger partial charge is 0.259 e. The van der Waals surface area contributed by atoms with Gasteiger partial charge in [-0.2, -0.15) is 0 Å². The Hall–Kier alpha value is -2.38. The Labute approximate surface area is 153 Å². The van der Waals surface area contributed by atoms with Crippen LogP contribution in [0.4, 0.5) is 5.69 Å². The van der Waals surface area contributed by atoms with E-state index in [1.54, 1.807) is 24.3 Å². The van der Waals surface area contributed by atoms with Gasteiger partial charge in [-0.3, -0.25) is 4.79 Å². The number of nitrogens with zero attached hydrogens (tertiary/aromatic N) is 2. The number of aromatic nitrogens is 2. The van der Waals surface area contributed by atoms with E-state index in [1.807, 2.05) is 19.2 Å². The molecule has 2 aromatic heterocycles. The SMILES string of the molecule is COc1cc(Cl)ccc1C(=O)Nc1ccsc1-c1nnc(C(C)C)o1. The number of anilines is 1. The Morgan fingerprint density at radius 3 is 2.80 bits per heavy atom. The lowest BCUT2D eigenvalue weighted by Crippen LogP contribution is -2.13. The van der Waals surface area contributed by atoms with Crippen LogP contribution in [0.5, 0.6) is 5.75 Å². The van der Waals surface area contributed by atoms with Crippen molar-refractivity contribution < 1.29 is 13.9 Å². The quantitative estimate of drug-likeness (QED) is 0.688. The summed E-state index contributed by atoms with van der Waals surface area (Å²) in [6, 6.07) is 6.64. The van der Waals surface area contributed by atoms with E-state index < -0.39 is 0 Å². The van der Waals surface area contributed by atoms with Crippen LogP contribution in [0.15, 0.2) is 34.1 Å². The molecule has 0 radical (unpaired) electrons. The Bertz CT molecular complexity index is 904. The monoisotopic (exact) mass is 377 g/mol. The van der Waals surface area contributed by atoms with Crippen LogP contribution in [0.2, 0.25) is 5.02 Å². The molecule has 8 heteroatoms. The number of methoxy groups -OCH3 is 1. The molecule has 130 valence electrons. The van der Waals surface area contributed by atoms with Crippen LogP contribution >= 0.6 is 22.9 Å². The van der Waals surface area contributed by atoms with Gasteiger partial charge < -0.3 is 14.5 Å². The van der Waals surface area contributed by atoms with Gasteiger partial charge in [0.2, 0.25) is 5.89 Å². The number of nitrogens with one attached hydrogen (secondary N) is 1. The van der Waals surface area contributed by atoms with Crippen LogP contribution in [0.25, 0.3) is 10.8 Å². The zero-order valence-corrected chi connectivity index (χ0v) is 15.4. The van der Waals surface area contributed by atoms with Crippen molar-refractivity contribution in [1.29, 1.82) is 0 Å². The Balaban J connectivity index is 1.87. The molecule has 0 fully saturated rings. The fourth-order valence-corrected chi connectivity index (χ4v) is 3.11. The molecule has 0 saturated carbocycles. The predicted molar refractivity (Wildman–Crippen MR) is 97.7 cm³/mol. The summed E-state index contributed by atoms with van der Waals surface area (Å²) in [6.07, 6.45) is 0. The lowest BCUT2D eigenvalue weighted by molar-refractivity contribution is 0.102.